The average molecular weight is 272 g/mol. The predicted octanol–water partition coefficient (Wildman–Crippen LogP) is 1.54. The molecule has 0 bridgehead atoms. The molecule has 0 spiro atoms. The number of nitrogens with zero attached hydrogens (tertiary/aromatic N) is 1. The summed E-state index contributed by atoms with van der Waals surface area (Å²) in [5, 5.41) is 9.84. The molecule has 1 saturated heterocycles. The maximum absolute atomic E-state index is 9.24. The standard InChI is InChI=1S/C13H18ClNO3/c1-15-4-5-17-12(7-15)9-18-13-3-2-11(14)6-10(13)8-16/h2-3,6,12,16H,4-5,7-9H2,1H3. The summed E-state index contributed by atoms with van der Waals surface area (Å²) in [7, 11) is 2.07. The van der Waals surface area contributed by atoms with E-state index in [2.05, 4.69) is 11.9 Å². The summed E-state index contributed by atoms with van der Waals surface area (Å²) in [5.74, 6) is 0.665. The van der Waals surface area contributed by atoms with Crippen molar-refractivity contribution in [3.8, 4) is 5.75 Å². The number of likely N-dealkylation sites (N-methyl/N-ethyl adjacent to an activating group) is 1. The van der Waals surface area contributed by atoms with Gasteiger partial charge in [-0.15, -0.1) is 0 Å². The van der Waals surface area contributed by atoms with Crippen molar-refractivity contribution >= 4 is 11.6 Å². The Bertz CT molecular complexity index is 400. The summed E-state index contributed by atoms with van der Waals surface area (Å²) in [6.45, 7) is 2.96. The minimum absolute atomic E-state index is 0.0750. The van der Waals surface area contributed by atoms with Crippen molar-refractivity contribution in [1.29, 1.82) is 0 Å². The molecule has 1 unspecified atom stereocenters. The SMILES string of the molecule is CN1CCOC(COc2ccc(Cl)cc2CO)C1. The van der Waals surface area contributed by atoms with Crippen LogP contribution < -0.4 is 4.74 Å². The van der Waals surface area contributed by atoms with Crippen LogP contribution in [0.25, 0.3) is 0 Å². The van der Waals surface area contributed by atoms with Crippen molar-refractivity contribution in [1.82, 2.24) is 4.90 Å². The van der Waals surface area contributed by atoms with Gasteiger partial charge >= 0.3 is 0 Å². The van der Waals surface area contributed by atoms with Crippen LogP contribution in [0, 0.1) is 0 Å². The first-order valence-corrected chi connectivity index (χ1v) is 6.39. The van der Waals surface area contributed by atoms with Crippen LogP contribution in [0.4, 0.5) is 0 Å². The third-order valence-corrected chi connectivity index (χ3v) is 3.19. The van der Waals surface area contributed by atoms with Gasteiger partial charge in [-0.1, -0.05) is 11.6 Å². The summed E-state index contributed by atoms with van der Waals surface area (Å²) in [4.78, 5) is 2.21. The normalized spacial score (nSPS) is 20.9. The lowest BCUT2D eigenvalue weighted by atomic mass is 10.2. The molecule has 0 radical (unpaired) electrons. The minimum atomic E-state index is -0.0820. The fourth-order valence-electron chi connectivity index (χ4n) is 1.96. The largest absolute Gasteiger partial charge is 0.490 e. The Morgan fingerprint density at radius 1 is 1.56 bits per heavy atom. The molecule has 5 heteroatoms. The van der Waals surface area contributed by atoms with Crippen molar-refractivity contribution in [2.45, 2.75) is 12.7 Å². The fourth-order valence-corrected chi connectivity index (χ4v) is 2.16. The second-order valence-corrected chi connectivity index (χ2v) is 4.91. The van der Waals surface area contributed by atoms with Crippen LogP contribution in [0.15, 0.2) is 18.2 Å². The number of aliphatic hydroxyl groups is 1. The van der Waals surface area contributed by atoms with Gasteiger partial charge in [-0.25, -0.2) is 0 Å². The molecule has 1 aliphatic rings. The Hall–Kier alpha value is -0.810. The first-order valence-electron chi connectivity index (χ1n) is 6.01. The van der Waals surface area contributed by atoms with Crippen molar-refractivity contribution in [2.24, 2.45) is 0 Å². The molecular formula is C13H18ClNO3. The molecule has 0 amide bonds. The number of halogens is 1. The number of benzene rings is 1. The van der Waals surface area contributed by atoms with Gasteiger partial charge in [0.2, 0.25) is 0 Å². The predicted molar refractivity (Wildman–Crippen MR) is 70.1 cm³/mol. The summed E-state index contributed by atoms with van der Waals surface area (Å²) in [6.07, 6.45) is 0.0750. The Morgan fingerprint density at radius 2 is 2.39 bits per heavy atom. The smallest absolute Gasteiger partial charge is 0.125 e. The molecule has 0 saturated carbocycles. The van der Waals surface area contributed by atoms with Gasteiger partial charge in [-0.3, -0.25) is 0 Å². The number of hydrogen-bond donors (Lipinski definition) is 1. The highest BCUT2D eigenvalue weighted by Crippen LogP contribution is 2.23. The molecule has 1 aliphatic heterocycles. The molecule has 100 valence electrons. The molecule has 1 atom stereocenters. The van der Waals surface area contributed by atoms with Gasteiger partial charge in [0, 0.05) is 23.7 Å². The maximum atomic E-state index is 9.24. The van der Waals surface area contributed by atoms with Gasteiger partial charge in [0.05, 0.1) is 13.2 Å². The van der Waals surface area contributed by atoms with Crippen LogP contribution in [0.2, 0.25) is 5.02 Å². The Labute approximate surface area is 112 Å². The third-order valence-electron chi connectivity index (χ3n) is 2.96. The molecule has 0 aliphatic carbocycles. The minimum Gasteiger partial charge on any atom is -0.490 e. The lowest BCUT2D eigenvalue weighted by Gasteiger charge is -2.30. The molecule has 0 aromatic heterocycles. The van der Waals surface area contributed by atoms with Gasteiger partial charge in [0.1, 0.15) is 18.5 Å². The van der Waals surface area contributed by atoms with E-state index >= 15 is 0 Å². The highest BCUT2D eigenvalue weighted by Gasteiger charge is 2.18. The monoisotopic (exact) mass is 271 g/mol. The van der Waals surface area contributed by atoms with Gasteiger partial charge in [-0.2, -0.15) is 0 Å². The van der Waals surface area contributed by atoms with Crippen LogP contribution in [0.5, 0.6) is 5.75 Å². The summed E-state index contributed by atoms with van der Waals surface area (Å²) in [6, 6.07) is 5.25. The summed E-state index contributed by atoms with van der Waals surface area (Å²) in [5.41, 5.74) is 0.701. The lowest BCUT2D eigenvalue weighted by molar-refractivity contribution is -0.0405. The Morgan fingerprint density at radius 3 is 3.11 bits per heavy atom. The zero-order chi connectivity index (χ0) is 13.0. The fraction of sp³-hybridized carbons (Fsp3) is 0.538. The number of aliphatic hydroxyl groups excluding tert-OH is 1. The maximum Gasteiger partial charge on any atom is 0.125 e. The van der Waals surface area contributed by atoms with Crippen LogP contribution in [0.3, 0.4) is 0 Å². The second-order valence-electron chi connectivity index (χ2n) is 4.48. The number of hydrogen-bond acceptors (Lipinski definition) is 4. The van der Waals surface area contributed by atoms with Gasteiger partial charge < -0.3 is 19.5 Å². The van der Waals surface area contributed by atoms with E-state index < -0.39 is 0 Å². The van der Waals surface area contributed by atoms with E-state index in [1.807, 2.05) is 0 Å². The van der Waals surface area contributed by atoms with E-state index in [1.54, 1.807) is 18.2 Å². The van der Waals surface area contributed by atoms with Crippen LogP contribution in [-0.2, 0) is 11.3 Å². The van der Waals surface area contributed by atoms with E-state index in [0.717, 1.165) is 19.7 Å². The Balaban J connectivity index is 1.93. The van der Waals surface area contributed by atoms with Crippen LogP contribution in [0.1, 0.15) is 5.56 Å². The summed E-state index contributed by atoms with van der Waals surface area (Å²) >= 11 is 5.87. The molecule has 1 fully saturated rings. The van der Waals surface area contributed by atoms with Crippen molar-refractivity contribution in [2.75, 3.05) is 33.4 Å². The highest BCUT2D eigenvalue weighted by molar-refractivity contribution is 6.30. The number of morpholine rings is 1. The molecule has 1 N–H and O–H groups in total. The van der Waals surface area contributed by atoms with E-state index in [9.17, 15) is 5.11 Å². The topological polar surface area (TPSA) is 41.9 Å². The molecule has 18 heavy (non-hydrogen) atoms. The molecule has 2 rings (SSSR count). The van der Waals surface area contributed by atoms with E-state index in [0.29, 0.717) is 22.9 Å². The molecular weight excluding hydrogens is 254 g/mol. The first kappa shape index (κ1) is 13.6. The number of ether oxygens (including phenoxy) is 2. The van der Waals surface area contributed by atoms with E-state index in [-0.39, 0.29) is 12.7 Å². The summed E-state index contributed by atoms with van der Waals surface area (Å²) < 4.78 is 11.3. The first-order chi connectivity index (χ1) is 8.69. The van der Waals surface area contributed by atoms with Crippen molar-refractivity contribution < 1.29 is 14.6 Å². The van der Waals surface area contributed by atoms with Crippen molar-refractivity contribution in [3.05, 3.63) is 28.8 Å². The van der Waals surface area contributed by atoms with Crippen LogP contribution >= 0.6 is 11.6 Å². The lowest BCUT2D eigenvalue weighted by Crippen LogP contribution is -2.42. The second kappa shape index (κ2) is 6.38. The van der Waals surface area contributed by atoms with E-state index in [1.165, 1.54) is 0 Å². The molecule has 4 nitrogen and oxygen atoms in total. The molecule has 1 heterocycles. The van der Waals surface area contributed by atoms with Crippen LogP contribution in [-0.4, -0.2) is 49.5 Å². The highest BCUT2D eigenvalue weighted by atomic mass is 35.5. The quantitative estimate of drug-likeness (QED) is 0.902. The third kappa shape index (κ3) is 3.59. The number of rotatable bonds is 4. The Kier molecular flexibility index (Phi) is 4.83. The van der Waals surface area contributed by atoms with Gasteiger partial charge in [0.25, 0.3) is 0 Å². The van der Waals surface area contributed by atoms with Gasteiger partial charge in [0.15, 0.2) is 0 Å². The van der Waals surface area contributed by atoms with E-state index in [4.69, 9.17) is 21.1 Å². The zero-order valence-electron chi connectivity index (χ0n) is 10.4. The zero-order valence-corrected chi connectivity index (χ0v) is 11.2. The average Bonchev–Trinajstić information content (AvgIpc) is 2.37. The van der Waals surface area contributed by atoms with Gasteiger partial charge in [-0.05, 0) is 25.2 Å². The molecule has 1 aromatic rings. The van der Waals surface area contributed by atoms with Crippen molar-refractivity contribution in [3.63, 3.8) is 0 Å². The molecule has 1 aromatic carbocycles.